The number of ether oxygens (including phenoxy) is 1. The fraction of sp³-hybridized carbons (Fsp3) is 0.533. The van der Waals surface area contributed by atoms with E-state index in [1.54, 1.807) is 18.2 Å². The van der Waals surface area contributed by atoms with E-state index in [0.717, 1.165) is 0 Å². The third kappa shape index (κ3) is 2.48. The summed E-state index contributed by atoms with van der Waals surface area (Å²) in [5.74, 6) is -0.559. The van der Waals surface area contributed by atoms with Gasteiger partial charge in [0.2, 0.25) is 10.0 Å². The van der Waals surface area contributed by atoms with Gasteiger partial charge in [0.25, 0.3) is 0 Å². The number of aliphatic carboxylic acids is 1. The van der Waals surface area contributed by atoms with Crippen molar-refractivity contribution in [1.29, 1.82) is 0 Å². The molecule has 1 aromatic rings. The van der Waals surface area contributed by atoms with Crippen LogP contribution in [0.4, 0.5) is 0 Å². The van der Waals surface area contributed by atoms with E-state index in [9.17, 15) is 13.2 Å². The molecular formula is C15H19NO5S. The summed E-state index contributed by atoms with van der Waals surface area (Å²) in [5.41, 5.74) is -0.117. The molecule has 3 rings (SSSR count). The van der Waals surface area contributed by atoms with E-state index in [4.69, 9.17) is 9.84 Å². The summed E-state index contributed by atoms with van der Waals surface area (Å²) in [5, 5.41) is 8.92. The van der Waals surface area contributed by atoms with E-state index in [1.807, 2.05) is 6.92 Å². The molecule has 0 unspecified atom stereocenters. The van der Waals surface area contributed by atoms with Crippen LogP contribution in [0.1, 0.15) is 19.8 Å². The second-order valence-electron chi connectivity index (χ2n) is 6.12. The normalized spacial score (nSPS) is 21.1. The predicted molar refractivity (Wildman–Crippen MR) is 79.2 cm³/mol. The van der Waals surface area contributed by atoms with Gasteiger partial charge in [-0.2, -0.15) is 4.31 Å². The van der Waals surface area contributed by atoms with Crippen LogP contribution in [0.25, 0.3) is 0 Å². The summed E-state index contributed by atoms with van der Waals surface area (Å²) in [6.45, 7) is 3.15. The van der Waals surface area contributed by atoms with Crippen molar-refractivity contribution in [2.45, 2.75) is 24.7 Å². The van der Waals surface area contributed by atoms with Crippen LogP contribution in [0.3, 0.4) is 0 Å². The van der Waals surface area contributed by atoms with Crippen molar-refractivity contribution in [2.24, 2.45) is 11.3 Å². The lowest BCUT2D eigenvalue weighted by Crippen LogP contribution is -2.64. The molecule has 7 heteroatoms. The maximum absolute atomic E-state index is 12.6. The summed E-state index contributed by atoms with van der Waals surface area (Å²) in [4.78, 5) is 11.1. The third-order valence-electron chi connectivity index (χ3n) is 4.49. The Kier molecular flexibility index (Phi) is 3.65. The molecule has 2 aliphatic rings. The van der Waals surface area contributed by atoms with Crippen molar-refractivity contribution in [3.05, 3.63) is 24.3 Å². The number of nitrogens with zero attached hydrogens (tertiary/aromatic N) is 1. The van der Waals surface area contributed by atoms with Gasteiger partial charge in [0.05, 0.1) is 17.4 Å². The average Bonchev–Trinajstić information content (AvgIpc) is 2.35. The number of carboxylic acids is 1. The molecule has 0 bridgehead atoms. The molecule has 22 heavy (non-hydrogen) atoms. The number of carbonyl (C=O) groups is 1. The summed E-state index contributed by atoms with van der Waals surface area (Å²) in [7, 11) is -3.52. The lowest BCUT2D eigenvalue weighted by atomic mass is 9.58. The third-order valence-corrected chi connectivity index (χ3v) is 6.27. The van der Waals surface area contributed by atoms with Crippen LogP contribution in [0.5, 0.6) is 5.75 Å². The Morgan fingerprint density at radius 3 is 2.68 bits per heavy atom. The lowest BCUT2D eigenvalue weighted by molar-refractivity contribution is -0.155. The molecule has 0 aromatic heterocycles. The molecule has 2 fully saturated rings. The zero-order valence-corrected chi connectivity index (χ0v) is 13.2. The molecule has 1 N–H and O–H groups in total. The maximum Gasteiger partial charge on any atom is 0.306 e. The SMILES string of the molecule is CCOc1cccc(S(=O)(=O)N2CC3(CC(C(=O)O)C3)C2)c1. The number of benzene rings is 1. The van der Waals surface area contributed by atoms with Crippen molar-refractivity contribution < 1.29 is 23.1 Å². The van der Waals surface area contributed by atoms with E-state index < -0.39 is 16.0 Å². The second kappa shape index (κ2) is 5.24. The quantitative estimate of drug-likeness (QED) is 0.888. The first kappa shape index (κ1) is 15.3. The zero-order chi connectivity index (χ0) is 16.0. The molecule has 1 aromatic carbocycles. The van der Waals surface area contributed by atoms with Crippen molar-refractivity contribution in [3.8, 4) is 5.75 Å². The number of hydrogen-bond acceptors (Lipinski definition) is 4. The van der Waals surface area contributed by atoms with Gasteiger partial charge in [-0.15, -0.1) is 0 Å². The van der Waals surface area contributed by atoms with E-state index in [1.165, 1.54) is 10.4 Å². The topological polar surface area (TPSA) is 83.9 Å². The Labute approximate surface area is 129 Å². The highest BCUT2D eigenvalue weighted by atomic mass is 32.2. The minimum Gasteiger partial charge on any atom is -0.494 e. The second-order valence-corrected chi connectivity index (χ2v) is 8.06. The van der Waals surface area contributed by atoms with Crippen LogP contribution < -0.4 is 4.74 Å². The summed E-state index contributed by atoms with van der Waals surface area (Å²) < 4.78 is 31.9. The number of sulfonamides is 1. The van der Waals surface area contributed by atoms with Crippen LogP contribution in [0.15, 0.2) is 29.2 Å². The maximum atomic E-state index is 12.6. The molecule has 1 aliphatic heterocycles. The largest absolute Gasteiger partial charge is 0.494 e. The smallest absolute Gasteiger partial charge is 0.306 e. The van der Waals surface area contributed by atoms with E-state index in [-0.39, 0.29) is 16.2 Å². The van der Waals surface area contributed by atoms with Gasteiger partial charge in [-0.05, 0) is 37.3 Å². The Hall–Kier alpha value is -1.60. The van der Waals surface area contributed by atoms with Crippen molar-refractivity contribution in [3.63, 3.8) is 0 Å². The van der Waals surface area contributed by atoms with Crippen LogP contribution in [0, 0.1) is 11.3 Å². The molecule has 6 nitrogen and oxygen atoms in total. The van der Waals surface area contributed by atoms with Gasteiger partial charge in [-0.3, -0.25) is 4.79 Å². The number of rotatable bonds is 5. The van der Waals surface area contributed by atoms with E-state index in [2.05, 4.69) is 0 Å². The fourth-order valence-electron chi connectivity index (χ4n) is 3.33. The summed E-state index contributed by atoms with van der Waals surface area (Å²) in [6.07, 6.45) is 1.15. The Bertz CT molecular complexity index is 686. The van der Waals surface area contributed by atoms with E-state index in [0.29, 0.717) is 38.3 Å². The minimum absolute atomic E-state index is 0.117. The van der Waals surface area contributed by atoms with Gasteiger partial charge in [0, 0.05) is 19.2 Å². The Balaban J connectivity index is 1.68. The highest BCUT2D eigenvalue weighted by Gasteiger charge is 2.57. The van der Waals surface area contributed by atoms with Gasteiger partial charge < -0.3 is 9.84 Å². The van der Waals surface area contributed by atoms with Crippen molar-refractivity contribution in [1.82, 2.24) is 4.31 Å². The molecule has 1 spiro atoms. The van der Waals surface area contributed by atoms with Crippen LogP contribution in [-0.2, 0) is 14.8 Å². The molecule has 1 aliphatic carbocycles. The Morgan fingerprint density at radius 1 is 1.41 bits per heavy atom. The molecule has 0 amide bonds. The van der Waals surface area contributed by atoms with Gasteiger partial charge in [-0.25, -0.2) is 8.42 Å². The highest BCUT2D eigenvalue weighted by Crippen LogP contribution is 2.53. The number of carboxylic acid groups (broad SMARTS) is 1. The van der Waals surface area contributed by atoms with Gasteiger partial charge >= 0.3 is 5.97 Å². The standard InChI is InChI=1S/C15H19NO5S/c1-2-21-12-4-3-5-13(6-12)22(19,20)16-9-15(10-16)7-11(8-15)14(17)18/h3-6,11H,2,7-10H2,1H3,(H,17,18). The van der Waals surface area contributed by atoms with Crippen LogP contribution >= 0.6 is 0 Å². The Morgan fingerprint density at radius 2 is 2.09 bits per heavy atom. The summed E-state index contributed by atoms with van der Waals surface area (Å²) in [6, 6.07) is 6.48. The average molecular weight is 325 g/mol. The molecule has 1 heterocycles. The first-order valence-electron chi connectivity index (χ1n) is 7.32. The first-order valence-corrected chi connectivity index (χ1v) is 8.76. The predicted octanol–water partition coefficient (Wildman–Crippen LogP) is 1.57. The molecule has 120 valence electrons. The highest BCUT2D eigenvalue weighted by molar-refractivity contribution is 7.89. The van der Waals surface area contributed by atoms with E-state index >= 15 is 0 Å². The molecule has 0 atom stereocenters. The first-order chi connectivity index (χ1) is 10.4. The lowest BCUT2D eigenvalue weighted by Gasteiger charge is -2.57. The molecular weight excluding hydrogens is 306 g/mol. The molecule has 1 saturated heterocycles. The minimum atomic E-state index is -3.52. The van der Waals surface area contributed by atoms with Gasteiger partial charge in [-0.1, -0.05) is 6.07 Å². The van der Waals surface area contributed by atoms with Crippen LogP contribution in [-0.4, -0.2) is 43.5 Å². The van der Waals surface area contributed by atoms with Crippen molar-refractivity contribution >= 4 is 16.0 Å². The zero-order valence-electron chi connectivity index (χ0n) is 12.4. The molecule has 0 radical (unpaired) electrons. The molecule has 1 saturated carbocycles. The van der Waals surface area contributed by atoms with Crippen molar-refractivity contribution in [2.75, 3.05) is 19.7 Å². The fourth-order valence-corrected chi connectivity index (χ4v) is 5.03. The van der Waals surface area contributed by atoms with Gasteiger partial charge in [0.1, 0.15) is 5.75 Å². The van der Waals surface area contributed by atoms with Crippen LogP contribution in [0.2, 0.25) is 0 Å². The number of hydrogen-bond donors (Lipinski definition) is 1. The van der Waals surface area contributed by atoms with Gasteiger partial charge in [0.15, 0.2) is 0 Å². The monoisotopic (exact) mass is 325 g/mol. The summed E-state index contributed by atoms with van der Waals surface area (Å²) >= 11 is 0.